The molecule has 0 bridgehead atoms. The van der Waals surface area contributed by atoms with E-state index in [0.29, 0.717) is 5.95 Å². The van der Waals surface area contributed by atoms with E-state index in [1.165, 1.54) is 11.1 Å². The van der Waals surface area contributed by atoms with Gasteiger partial charge in [-0.3, -0.25) is 0 Å². The lowest BCUT2D eigenvalue weighted by atomic mass is 10.1. The molecule has 0 atom stereocenters. The van der Waals surface area contributed by atoms with Gasteiger partial charge in [-0.2, -0.15) is 4.98 Å². The Kier molecular flexibility index (Phi) is 3.67. The smallest absolute Gasteiger partial charge is 0.229 e. The van der Waals surface area contributed by atoms with Gasteiger partial charge in [-0.1, -0.05) is 18.2 Å². The highest BCUT2D eigenvalue weighted by atomic mass is 15.2. The Morgan fingerprint density at radius 2 is 1.59 bits per heavy atom. The second kappa shape index (κ2) is 5.64. The Hall–Kier alpha value is -2.62. The van der Waals surface area contributed by atoms with E-state index in [1.807, 2.05) is 43.3 Å². The molecule has 3 aromatic rings. The second-order valence-electron chi connectivity index (χ2n) is 5.78. The van der Waals surface area contributed by atoms with Gasteiger partial charge in [0.05, 0.1) is 5.52 Å². The monoisotopic (exact) mass is 292 g/mol. The molecule has 22 heavy (non-hydrogen) atoms. The zero-order valence-electron chi connectivity index (χ0n) is 13.4. The molecule has 0 fully saturated rings. The molecular weight excluding hydrogens is 272 g/mol. The molecule has 1 N–H and O–H groups in total. The molecule has 0 aliphatic rings. The minimum absolute atomic E-state index is 0.618. The first-order valence-corrected chi connectivity index (χ1v) is 7.32. The molecule has 2 aromatic carbocycles. The van der Waals surface area contributed by atoms with Crippen LogP contribution in [0.2, 0.25) is 0 Å². The van der Waals surface area contributed by atoms with Crippen LogP contribution in [0.3, 0.4) is 0 Å². The fraction of sp³-hybridized carbons (Fsp3) is 0.222. The first-order valence-electron chi connectivity index (χ1n) is 7.32. The fourth-order valence-electron chi connectivity index (χ4n) is 2.63. The lowest BCUT2D eigenvalue weighted by Crippen LogP contribution is -2.13. The van der Waals surface area contributed by atoms with Crippen molar-refractivity contribution in [3.05, 3.63) is 53.6 Å². The van der Waals surface area contributed by atoms with Crippen LogP contribution in [0.15, 0.2) is 42.5 Å². The summed E-state index contributed by atoms with van der Waals surface area (Å²) in [5.74, 6) is 1.53. The number of hydrogen-bond donors (Lipinski definition) is 1. The van der Waals surface area contributed by atoms with E-state index in [-0.39, 0.29) is 0 Å². The third-order valence-corrected chi connectivity index (χ3v) is 3.48. The SMILES string of the molecule is Cc1cc(C)cc(Nc2nc(N(C)C)c3ccccc3n2)c1. The van der Waals surface area contributed by atoms with Gasteiger partial charge in [0.15, 0.2) is 0 Å². The van der Waals surface area contributed by atoms with Crippen molar-refractivity contribution >= 4 is 28.4 Å². The summed E-state index contributed by atoms with van der Waals surface area (Å²) in [5, 5.41) is 4.38. The third-order valence-electron chi connectivity index (χ3n) is 3.48. The lowest BCUT2D eigenvalue weighted by Gasteiger charge is -2.16. The summed E-state index contributed by atoms with van der Waals surface area (Å²) < 4.78 is 0. The predicted molar refractivity (Wildman–Crippen MR) is 93.1 cm³/mol. The van der Waals surface area contributed by atoms with Crippen molar-refractivity contribution in [1.82, 2.24) is 9.97 Å². The summed E-state index contributed by atoms with van der Waals surface area (Å²) >= 11 is 0. The summed E-state index contributed by atoms with van der Waals surface area (Å²) in [6, 6.07) is 14.4. The van der Waals surface area contributed by atoms with E-state index in [0.717, 1.165) is 22.4 Å². The molecule has 4 heteroatoms. The number of anilines is 3. The van der Waals surface area contributed by atoms with Gasteiger partial charge >= 0.3 is 0 Å². The standard InChI is InChI=1S/C18H20N4/c1-12-9-13(2)11-14(10-12)19-18-20-16-8-6-5-7-15(16)17(21-18)22(3)4/h5-11H,1-4H3,(H,19,20,21). The van der Waals surface area contributed by atoms with E-state index < -0.39 is 0 Å². The molecule has 3 rings (SSSR count). The molecule has 0 unspecified atom stereocenters. The highest BCUT2D eigenvalue weighted by Crippen LogP contribution is 2.25. The molecule has 112 valence electrons. The number of nitrogens with zero attached hydrogens (tertiary/aromatic N) is 3. The summed E-state index contributed by atoms with van der Waals surface area (Å²) in [7, 11) is 3.99. The Morgan fingerprint density at radius 1 is 0.909 bits per heavy atom. The Morgan fingerprint density at radius 3 is 2.27 bits per heavy atom. The van der Waals surface area contributed by atoms with Crippen molar-refractivity contribution in [1.29, 1.82) is 0 Å². The molecule has 1 aromatic heterocycles. The van der Waals surface area contributed by atoms with Crippen molar-refractivity contribution in [2.45, 2.75) is 13.8 Å². The molecule has 0 aliphatic carbocycles. The first kappa shape index (κ1) is 14.3. The summed E-state index contributed by atoms with van der Waals surface area (Å²) in [6.07, 6.45) is 0. The zero-order valence-corrected chi connectivity index (χ0v) is 13.4. The van der Waals surface area contributed by atoms with Crippen molar-refractivity contribution in [3.8, 4) is 0 Å². The average Bonchev–Trinajstić information content (AvgIpc) is 2.45. The first-order chi connectivity index (χ1) is 10.5. The summed E-state index contributed by atoms with van der Waals surface area (Å²) in [5.41, 5.74) is 4.39. The van der Waals surface area contributed by atoms with E-state index in [1.54, 1.807) is 0 Å². The zero-order chi connectivity index (χ0) is 15.7. The molecule has 0 saturated heterocycles. The van der Waals surface area contributed by atoms with E-state index >= 15 is 0 Å². The molecule has 0 aliphatic heterocycles. The van der Waals surface area contributed by atoms with Crippen LogP contribution >= 0.6 is 0 Å². The highest BCUT2D eigenvalue weighted by molar-refractivity contribution is 5.90. The van der Waals surface area contributed by atoms with Crippen LogP contribution in [0.1, 0.15) is 11.1 Å². The molecular formula is C18H20N4. The summed E-state index contributed by atoms with van der Waals surface area (Å²) in [6.45, 7) is 4.18. The van der Waals surface area contributed by atoms with Gasteiger partial charge in [0, 0.05) is 25.2 Å². The molecule has 4 nitrogen and oxygen atoms in total. The van der Waals surface area contributed by atoms with E-state index in [9.17, 15) is 0 Å². The van der Waals surface area contributed by atoms with Gasteiger partial charge in [0.2, 0.25) is 5.95 Å². The van der Waals surface area contributed by atoms with Crippen LogP contribution < -0.4 is 10.2 Å². The molecule has 1 heterocycles. The minimum Gasteiger partial charge on any atom is -0.362 e. The number of benzene rings is 2. The second-order valence-corrected chi connectivity index (χ2v) is 5.78. The van der Waals surface area contributed by atoms with Crippen LogP contribution in [0.25, 0.3) is 10.9 Å². The largest absolute Gasteiger partial charge is 0.362 e. The van der Waals surface area contributed by atoms with Gasteiger partial charge < -0.3 is 10.2 Å². The maximum absolute atomic E-state index is 4.66. The number of hydrogen-bond acceptors (Lipinski definition) is 4. The van der Waals surface area contributed by atoms with Gasteiger partial charge in [-0.25, -0.2) is 4.98 Å². The number of para-hydroxylation sites is 1. The fourth-order valence-corrected chi connectivity index (χ4v) is 2.63. The van der Waals surface area contributed by atoms with Crippen LogP contribution in [-0.2, 0) is 0 Å². The van der Waals surface area contributed by atoms with Crippen LogP contribution in [0, 0.1) is 13.8 Å². The van der Waals surface area contributed by atoms with E-state index in [4.69, 9.17) is 0 Å². The Bertz CT molecular complexity index is 804. The lowest BCUT2D eigenvalue weighted by molar-refractivity contribution is 1.06. The van der Waals surface area contributed by atoms with Crippen molar-refractivity contribution in [2.24, 2.45) is 0 Å². The van der Waals surface area contributed by atoms with Crippen molar-refractivity contribution < 1.29 is 0 Å². The molecule has 0 radical (unpaired) electrons. The average molecular weight is 292 g/mol. The molecule has 0 saturated carbocycles. The summed E-state index contributed by atoms with van der Waals surface area (Å²) in [4.78, 5) is 11.3. The maximum atomic E-state index is 4.66. The van der Waals surface area contributed by atoms with Crippen molar-refractivity contribution in [2.75, 3.05) is 24.3 Å². The number of aromatic nitrogens is 2. The Labute approximate surface area is 130 Å². The van der Waals surface area contributed by atoms with Crippen molar-refractivity contribution in [3.63, 3.8) is 0 Å². The molecule has 0 amide bonds. The number of nitrogens with one attached hydrogen (secondary N) is 1. The van der Waals surface area contributed by atoms with Gasteiger partial charge in [-0.15, -0.1) is 0 Å². The van der Waals surface area contributed by atoms with Crippen LogP contribution in [0.4, 0.5) is 17.5 Å². The number of rotatable bonds is 3. The number of fused-ring (bicyclic) bond motifs is 1. The normalized spacial score (nSPS) is 10.7. The van der Waals surface area contributed by atoms with Gasteiger partial charge in [0.25, 0.3) is 0 Å². The quantitative estimate of drug-likeness (QED) is 0.790. The minimum atomic E-state index is 0.618. The predicted octanol–water partition coefficient (Wildman–Crippen LogP) is 4.06. The highest BCUT2D eigenvalue weighted by Gasteiger charge is 2.09. The maximum Gasteiger partial charge on any atom is 0.229 e. The van der Waals surface area contributed by atoms with Gasteiger partial charge in [0.1, 0.15) is 5.82 Å². The third kappa shape index (κ3) is 2.86. The van der Waals surface area contributed by atoms with E-state index in [2.05, 4.69) is 47.3 Å². The Balaban J connectivity index is 2.07. The van der Waals surface area contributed by atoms with Crippen LogP contribution in [-0.4, -0.2) is 24.1 Å². The number of aryl methyl sites for hydroxylation is 2. The molecule has 0 spiro atoms. The topological polar surface area (TPSA) is 41.1 Å². The van der Waals surface area contributed by atoms with Crippen LogP contribution in [0.5, 0.6) is 0 Å². The van der Waals surface area contributed by atoms with Gasteiger partial charge in [-0.05, 0) is 49.2 Å².